The minimum absolute atomic E-state index is 0.376. The Morgan fingerprint density at radius 2 is 2.45 bits per heavy atom. The molecule has 0 saturated carbocycles. The fraction of sp³-hybridized carbons (Fsp3) is 0.375. The SMILES string of the molecule is CCCc1cc[nH]c1C(N)=O. The molecular formula is C8H12N2O. The zero-order valence-electron chi connectivity index (χ0n) is 6.55. The Kier molecular flexibility index (Phi) is 2.31. The highest BCUT2D eigenvalue weighted by molar-refractivity contribution is 5.92. The lowest BCUT2D eigenvalue weighted by atomic mass is 10.1. The third kappa shape index (κ3) is 1.61. The Labute approximate surface area is 65.6 Å². The van der Waals surface area contributed by atoms with E-state index in [1.165, 1.54) is 0 Å². The van der Waals surface area contributed by atoms with Crippen LogP contribution in [0, 0.1) is 0 Å². The van der Waals surface area contributed by atoms with Crippen LogP contribution in [-0.4, -0.2) is 10.9 Å². The van der Waals surface area contributed by atoms with Crippen molar-refractivity contribution in [1.29, 1.82) is 0 Å². The van der Waals surface area contributed by atoms with Crippen molar-refractivity contribution >= 4 is 5.91 Å². The maximum atomic E-state index is 10.7. The number of rotatable bonds is 3. The second-order valence-corrected chi connectivity index (χ2v) is 2.49. The molecule has 0 bridgehead atoms. The molecule has 0 aliphatic heterocycles. The molecule has 0 saturated heterocycles. The number of aromatic amines is 1. The summed E-state index contributed by atoms with van der Waals surface area (Å²) in [6, 6.07) is 1.89. The molecule has 60 valence electrons. The molecule has 1 heterocycles. The van der Waals surface area contributed by atoms with E-state index in [-0.39, 0.29) is 5.91 Å². The van der Waals surface area contributed by atoms with Gasteiger partial charge in [0.25, 0.3) is 5.91 Å². The maximum absolute atomic E-state index is 10.7. The molecule has 11 heavy (non-hydrogen) atoms. The highest BCUT2D eigenvalue weighted by Crippen LogP contribution is 2.07. The van der Waals surface area contributed by atoms with Crippen molar-refractivity contribution in [2.24, 2.45) is 5.73 Å². The Balaban J connectivity index is 2.87. The van der Waals surface area contributed by atoms with Gasteiger partial charge in [-0.3, -0.25) is 4.79 Å². The third-order valence-corrected chi connectivity index (χ3v) is 1.60. The molecule has 0 aliphatic carbocycles. The molecule has 3 N–H and O–H groups in total. The smallest absolute Gasteiger partial charge is 0.265 e. The number of hydrogen-bond donors (Lipinski definition) is 2. The molecule has 0 radical (unpaired) electrons. The molecule has 1 rings (SSSR count). The highest BCUT2D eigenvalue weighted by Gasteiger charge is 2.06. The average molecular weight is 152 g/mol. The summed E-state index contributed by atoms with van der Waals surface area (Å²) in [6.45, 7) is 2.07. The lowest BCUT2D eigenvalue weighted by molar-refractivity contribution is 0.0995. The Morgan fingerprint density at radius 3 is 3.00 bits per heavy atom. The van der Waals surface area contributed by atoms with Crippen LogP contribution in [0.4, 0.5) is 0 Å². The summed E-state index contributed by atoms with van der Waals surface area (Å²) in [5.41, 5.74) is 6.68. The number of H-pyrrole nitrogens is 1. The fourth-order valence-corrected chi connectivity index (χ4v) is 1.11. The first-order valence-corrected chi connectivity index (χ1v) is 3.71. The quantitative estimate of drug-likeness (QED) is 0.668. The number of aryl methyl sites for hydroxylation is 1. The molecule has 0 aromatic carbocycles. The molecular weight excluding hydrogens is 140 g/mol. The summed E-state index contributed by atoms with van der Waals surface area (Å²) >= 11 is 0. The van der Waals surface area contributed by atoms with Crippen molar-refractivity contribution in [3.05, 3.63) is 23.5 Å². The number of nitrogens with one attached hydrogen (secondary N) is 1. The van der Waals surface area contributed by atoms with Gasteiger partial charge in [-0.1, -0.05) is 13.3 Å². The van der Waals surface area contributed by atoms with Gasteiger partial charge in [0.2, 0.25) is 0 Å². The van der Waals surface area contributed by atoms with E-state index < -0.39 is 0 Å². The Morgan fingerprint density at radius 1 is 1.73 bits per heavy atom. The first-order valence-electron chi connectivity index (χ1n) is 3.71. The van der Waals surface area contributed by atoms with Crippen LogP contribution in [0.25, 0.3) is 0 Å². The Hall–Kier alpha value is -1.25. The van der Waals surface area contributed by atoms with Gasteiger partial charge in [0, 0.05) is 6.20 Å². The van der Waals surface area contributed by atoms with Crippen LogP contribution in [-0.2, 0) is 6.42 Å². The lowest BCUT2D eigenvalue weighted by Gasteiger charge is -1.96. The first kappa shape index (κ1) is 7.85. The van der Waals surface area contributed by atoms with Crippen LogP contribution in [0.15, 0.2) is 12.3 Å². The van der Waals surface area contributed by atoms with Gasteiger partial charge >= 0.3 is 0 Å². The first-order chi connectivity index (χ1) is 5.25. The summed E-state index contributed by atoms with van der Waals surface area (Å²) < 4.78 is 0. The van der Waals surface area contributed by atoms with Gasteiger partial charge in [0.15, 0.2) is 0 Å². The van der Waals surface area contributed by atoms with Gasteiger partial charge in [-0.15, -0.1) is 0 Å². The van der Waals surface area contributed by atoms with Gasteiger partial charge in [-0.25, -0.2) is 0 Å². The topological polar surface area (TPSA) is 58.9 Å². The molecule has 0 aliphatic rings. The minimum atomic E-state index is -0.376. The number of nitrogens with two attached hydrogens (primary N) is 1. The average Bonchev–Trinajstić information content (AvgIpc) is 2.36. The lowest BCUT2D eigenvalue weighted by Crippen LogP contribution is -2.13. The minimum Gasteiger partial charge on any atom is -0.364 e. The molecule has 1 aromatic rings. The standard InChI is InChI=1S/C8H12N2O/c1-2-3-6-4-5-10-7(6)8(9)11/h4-5,10H,2-3H2,1H3,(H2,9,11). The summed E-state index contributed by atoms with van der Waals surface area (Å²) in [7, 11) is 0. The number of carbonyl (C=O) groups excluding carboxylic acids is 1. The molecule has 3 nitrogen and oxygen atoms in total. The van der Waals surface area contributed by atoms with Crippen LogP contribution in [0.3, 0.4) is 0 Å². The van der Waals surface area contributed by atoms with Crippen molar-refractivity contribution in [3.63, 3.8) is 0 Å². The van der Waals surface area contributed by atoms with Gasteiger partial charge in [0.1, 0.15) is 5.69 Å². The molecule has 1 amide bonds. The largest absolute Gasteiger partial charge is 0.364 e. The second-order valence-electron chi connectivity index (χ2n) is 2.49. The second kappa shape index (κ2) is 3.23. The van der Waals surface area contributed by atoms with Crippen LogP contribution >= 0.6 is 0 Å². The summed E-state index contributed by atoms with van der Waals surface area (Å²) in [4.78, 5) is 13.6. The summed E-state index contributed by atoms with van der Waals surface area (Å²) in [6.07, 6.45) is 3.67. The van der Waals surface area contributed by atoms with E-state index >= 15 is 0 Å². The molecule has 0 spiro atoms. The van der Waals surface area contributed by atoms with Crippen molar-refractivity contribution in [2.75, 3.05) is 0 Å². The van der Waals surface area contributed by atoms with Crippen LogP contribution in [0.1, 0.15) is 29.4 Å². The van der Waals surface area contributed by atoms with Crippen molar-refractivity contribution in [3.8, 4) is 0 Å². The van der Waals surface area contributed by atoms with Crippen molar-refractivity contribution in [2.45, 2.75) is 19.8 Å². The van der Waals surface area contributed by atoms with E-state index in [4.69, 9.17) is 5.73 Å². The fourth-order valence-electron chi connectivity index (χ4n) is 1.11. The van der Waals surface area contributed by atoms with Crippen LogP contribution < -0.4 is 5.73 Å². The maximum Gasteiger partial charge on any atom is 0.265 e. The summed E-state index contributed by atoms with van der Waals surface area (Å²) in [5, 5.41) is 0. The molecule has 3 heteroatoms. The molecule has 0 fully saturated rings. The highest BCUT2D eigenvalue weighted by atomic mass is 16.1. The van der Waals surface area contributed by atoms with Crippen LogP contribution in [0.2, 0.25) is 0 Å². The van der Waals surface area contributed by atoms with Gasteiger partial charge < -0.3 is 10.7 Å². The zero-order chi connectivity index (χ0) is 8.27. The number of primary amides is 1. The number of hydrogen-bond acceptors (Lipinski definition) is 1. The molecule has 1 aromatic heterocycles. The molecule has 0 atom stereocenters. The van der Waals surface area contributed by atoms with Gasteiger partial charge in [0.05, 0.1) is 0 Å². The predicted octanol–water partition coefficient (Wildman–Crippen LogP) is 1.07. The number of amides is 1. The van der Waals surface area contributed by atoms with Crippen molar-refractivity contribution in [1.82, 2.24) is 4.98 Å². The van der Waals surface area contributed by atoms with Crippen molar-refractivity contribution < 1.29 is 4.79 Å². The van der Waals surface area contributed by atoms with Crippen LogP contribution in [0.5, 0.6) is 0 Å². The monoisotopic (exact) mass is 152 g/mol. The van der Waals surface area contributed by atoms with Gasteiger partial charge in [-0.05, 0) is 18.1 Å². The van der Waals surface area contributed by atoms with E-state index in [0.29, 0.717) is 5.69 Å². The Bertz CT molecular complexity index is 252. The number of carbonyl (C=O) groups is 1. The molecule has 0 unspecified atom stereocenters. The van der Waals surface area contributed by atoms with E-state index in [1.807, 2.05) is 6.07 Å². The van der Waals surface area contributed by atoms with E-state index in [9.17, 15) is 4.79 Å². The van der Waals surface area contributed by atoms with E-state index in [2.05, 4.69) is 11.9 Å². The third-order valence-electron chi connectivity index (χ3n) is 1.60. The summed E-state index contributed by atoms with van der Waals surface area (Å²) in [5.74, 6) is -0.376. The number of aromatic nitrogens is 1. The van der Waals surface area contributed by atoms with Gasteiger partial charge in [-0.2, -0.15) is 0 Å². The zero-order valence-corrected chi connectivity index (χ0v) is 6.55. The van der Waals surface area contributed by atoms with E-state index in [1.54, 1.807) is 6.20 Å². The normalized spacial score (nSPS) is 9.91. The van der Waals surface area contributed by atoms with E-state index in [0.717, 1.165) is 18.4 Å². The predicted molar refractivity (Wildman–Crippen MR) is 43.3 cm³/mol.